The van der Waals surface area contributed by atoms with Crippen molar-refractivity contribution in [3.8, 4) is 0 Å². The summed E-state index contributed by atoms with van der Waals surface area (Å²) in [5.41, 5.74) is 0. The summed E-state index contributed by atoms with van der Waals surface area (Å²) in [5, 5.41) is 13.3. The third-order valence-electron chi connectivity index (χ3n) is 2.04. The number of amides is 2. The van der Waals surface area contributed by atoms with Crippen LogP contribution >= 0.6 is 0 Å². The second-order valence-electron chi connectivity index (χ2n) is 3.23. The summed E-state index contributed by atoms with van der Waals surface area (Å²) < 4.78 is 0. The zero-order chi connectivity index (χ0) is 10.7. The summed E-state index contributed by atoms with van der Waals surface area (Å²) >= 11 is 0. The smallest absolute Gasteiger partial charge is 0.325 e. The van der Waals surface area contributed by atoms with E-state index in [0.29, 0.717) is 12.8 Å². The van der Waals surface area contributed by atoms with Gasteiger partial charge < -0.3 is 15.7 Å². The van der Waals surface area contributed by atoms with Crippen molar-refractivity contribution in [1.29, 1.82) is 0 Å². The molecule has 0 aromatic carbocycles. The topological polar surface area (TPSA) is 95.5 Å². The van der Waals surface area contributed by atoms with E-state index in [1.807, 2.05) is 0 Å². The van der Waals surface area contributed by atoms with E-state index >= 15 is 0 Å². The van der Waals surface area contributed by atoms with E-state index in [-0.39, 0.29) is 5.91 Å². The minimum absolute atomic E-state index is 0.173. The Bertz CT molecular complexity index is 277. The number of aliphatic carboxylic acids is 1. The van der Waals surface area contributed by atoms with E-state index in [9.17, 15) is 14.4 Å². The monoisotopic (exact) mass is 200 g/mol. The molecule has 2 atom stereocenters. The molecule has 1 fully saturated rings. The van der Waals surface area contributed by atoms with E-state index in [4.69, 9.17) is 5.11 Å². The molecule has 1 rings (SSSR count). The average Bonchev–Trinajstić information content (AvgIpc) is 2.51. The van der Waals surface area contributed by atoms with Crippen molar-refractivity contribution in [2.75, 3.05) is 0 Å². The largest absolute Gasteiger partial charge is 0.480 e. The van der Waals surface area contributed by atoms with Gasteiger partial charge in [0, 0.05) is 6.42 Å². The molecule has 78 valence electrons. The van der Waals surface area contributed by atoms with E-state index in [0.717, 1.165) is 0 Å². The van der Waals surface area contributed by atoms with Gasteiger partial charge in [-0.05, 0) is 13.3 Å². The molecule has 0 radical (unpaired) electrons. The maximum atomic E-state index is 11.3. The van der Waals surface area contributed by atoms with Crippen LogP contribution in [-0.2, 0) is 14.4 Å². The maximum Gasteiger partial charge on any atom is 0.325 e. The SMILES string of the molecule is C[C@@H](NC(=O)[C@H]1CCC(=O)N1)C(=O)O. The normalized spacial score (nSPS) is 22.6. The number of hydrogen-bond acceptors (Lipinski definition) is 3. The van der Waals surface area contributed by atoms with Crippen molar-refractivity contribution in [1.82, 2.24) is 10.6 Å². The van der Waals surface area contributed by atoms with E-state index in [1.54, 1.807) is 0 Å². The van der Waals surface area contributed by atoms with Crippen LogP contribution < -0.4 is 10.6 Å². The average molecular weight is 200 g/mol. The fraction of sp³-hybridized carbons (Fsp3) is 0.625. The van der Waals surface area contributed by atoms with E-state index in [1.165, 1.54) is 6.92 Å². The number of carboxylic acids is 1. The Balaban J connectivity index is 2.42. The first-order valence-electron chi connectivity index (χ1n) is 4.33. The fourth-order valence-corrected chi connectivity index (χ4v) is 1.19. The lowest BCUT2D eigenvalue weighted by Crippen LogP contribution is -2.47. The van der Waals surface area contributed by atoms with Crippen LogP contribution in [0.25, 0.3) is 0 Å². The molecule has 0 unspecified atom stereocenters. The number of rotatable bonds is 3. The number of nitrogens with one attached hydrogen (secondary N) is 2. The highest BCUT2D eigenvalue weighted by atomic mass is 16.4. The standard InChI is InChI=1S/C8H12N2O4/c1-4(8(13)14)9-7(12)5-2-3-6(11)10-5/h4-5H,2-3H2,1H3,(H,9,12)(H,10,11)(H,13,14)/t4-,5-/m1/s1. The molecule has 0 spiro atoms. The fourth-order valence-electron chi connectivity index (χ4n) is 1.19. The molecule has 0 aromatic rings. The highest BCUT2D eigenvalue weighted by Crippen LogP contribution is 2.06. The van der Waals surface area contributed by atoms with Gasteiger partial charge in [-0.2, -0.15) is 0 Å². The van der Waals surface area contributed by atoms with E-state index in [2.05, 4.69) is 10.6 Å². The second-order valence-corrected chi connectivity index (χ2v) is 3.23. The Kier molecular flexibility index (Phi) is 3.06. The molecule has 1 saturated heterocycles. The van der Waals surface area contributed by atoms with Crippen LogP contribution in [0.2, 0.25) is 0 Å². The van der Waals surface area contributed by atoms with Gasteiger partial charge in [0.2, 0.25) is 11.8 Å². The van der Waals surface area contributed by atoms with Crippen molar-refractivity contribution >= 4 is 17.8 Å². The van der Waals surface area contributed by atoms with Crippen LogP contribution in [0.1, 0.15) is 19.8 Å². The molecule has 1 aliphatic rings. The molecule has 14 heavy (non-hydrogen) atoms. The van der Waals surface area contributed by atoms with Crippen molar-refractivity contribution < 1.29 is 19.5 Å². The molecule has 2 amide bonds. The van der Waals surface area contributed by atoms with Crippen LogP contribution in [0, 0.1) is 0 Å². The molecule has 0 saturated carbocycles. The molecule has 6 heteroatoms. The third-order valence-corrected chi connectivity index (χ3v) is 2.04. The summed E-state index contributed by atoms with van der Waals surface area (Å²) in [6.07, 6.45) is 0.747. The van der Waals surface area contributed by atoms with Crippen molar-refractivity contribution in [2.24, 2.45) is 0 Å². The summed E-state index contributed by atoms with van der Waals surface area (Å²) in [5.74, 6) is -1.71. The Labute approximate surface area is 80.7 Å². The van der Waals surface area contributed by atoms with Gasteiger partial charge in [0.05, 0.1) is 0 Å². The van der Waals surface area contributed by atoms with Crippen molar-refractivity contribution in [3.63, 3.8) is 0 Å². The first-order chi connectivity index (χ1) is 6.50. The van der Waals surface area contributed by atoms with Gasteiger partial charge in [-0.1, -0.05) is 0 Å². The van der Waals surface area contributed by atoms with Crippen LogP contribution in [0.3, 0.4) is 0 Å². The van der Waals surface area contributed by atoms with Gasteiger partial charge in [0.1, 0.15) is 12.1 Å². The van der Waals surface area contributed by atoms with Gasteiger partial charge in [-0.25, -0.2) is 0 Å². The summed E-state index contributed by atoms with van der Waals surface area (Å²) in [7, 11) is 0. The number of carbonyl (C=O) groups is 3. The zero-order valence-electron chi connectivity index (χ0n) is 7.74. The first kappa shape index (κ1) is 10.5. The summed E-state index contributed by atoms with van der Waals surface area (Å²) in [6.45, 7) is 1.37. The molecule has 0 aromatic heterocycles. The molecule has 0 bridgehead atoms. The zero-order valence-corrected chi connectivity index (χ0v) is 7.74. The van der Waals surface area contributed by atoms with Gasteiger partial charge >= 0.3 is 5.97 Å². The van der Waals surface area contributed by atoms with Crippen LogP contribution in [0.4, 0.5) is 0 Å². The molecule has 0 aliphatic carbocycles. The molecular weight excluding hydrogens is 188 g/mol. The Hall–Kier alpha value is -1.59. The molecule has 1 heterocycles. The van der Waals surface area contributed by atoms with Crippen molar-refractivity contribution in [3.05, 3.63) is 0 Å². The lowest BCUT2D eigenvalue weighted by Gasteiger charge is -2.13. The predicted octanol–water partition coefficient (Wildman–Crippen LogP) is -1.15. The summed E-state index contributed by atoms with van der Waals surface area (Å²) in [6, 6.07) is -1.51. The quantitative estimate of drug-likeness (QED) is 0.536. The lowest BCUT2D eigenvalue weighted by molar-refractivity contribution is -0.141. The Morgan fingerprint density at radius 3 is 2.71 bits per heavy atom. The number of hydrogen-bond donors (Lipinski definition) is 3. The highest BCUT2D eigenvalue weighted by Gasteiger charge is 2.28. The Morgan fingerprint density at radius 2 is 2.29 bits per heavy atom. The molecule has 6 nitrogen and oxygen atoms in total. The number of carboxylic acid groups (broad SMARTS) is 1. The summed E-state index contributed by atoms with van der Waals surface area (Å²) in [4.78, 5) is 32.5. The van der Waals surface area contributed by atoms with Crippen LogP contribution in [0.15, 0.2) is 0 Å². The number of carbonyl (C=O) groups excluding carboxylic acids is 2. The predicted molar refractivity (Wildman–Crippen MR) is 46.4 cm³/mol. The molecule has 3 N–H and O–H groups in total. The third kappa shape index (κ3) is 2.45. The van der Waals surface area contributed by atoms with Gasteiger partial charge in [-0.15, -0.1) is 0 Å². The lowest BCUT2D eigenvalue weighted by atomic mass is 10.2. The minimum Gasteiger partial charge on any atom is -0.480 e. The van der Waals surface area contributed by atoms with E-state index < -0.39 is 24.0 Å². The van der Waals surface area contributed by atoms with Crippen LogP contribution in [-0.4, -0.2) is 35.0 Å². The minimum atomic E-state index is -1.09. The first-order valence-corrected chi connectivity index (χ1v) is 4.33. The molecular formula is C8H12N2O4. The molecule has 1 aliphatic heterocycles. The van der Waals surface area contributed by atoms with Crippen LogP contribution in [0.5, 0.6) is 0 Å². The van der Waals surface area contributed by atoms with Crippen molar-refractivity contribution in [2.45, 2.75) is 31.8 Å². The maximum absolute atomic E-state index is 11.3. The van der Waals surface area contributed by atoms with Gasteiger partial charge in [-0.3, -0.25) is 14.4 Å². The highest BCUT2D eigenvalue weighted by molar-refractivity contribution is 5.92. The Morgan fingerprint density at radius 1 is 1.64 bits per heavy atom. The van der Waals surface area contributed by atoms with Gasteiger partial charge in [0.15, 0.2) is 0 Å². The van der Waals surface area contributed by atoms with Gasteiger partial charge in [0.25, 0.3) is 0 Å². The second kappa shape index (κ2) is 4.08.